The molecule has 2 heterocycles. The lowest BCUT2D eigenvalue weighted by molar-refractivity contribution is 0.687. The summed E-state index contributed by atoms with van der Waals surface area (Å²) in [5.74, 6) is 1.91. The molecule has 0 unspecified atom stereocenters. The fraction of sp³-hybridized carbons (Fsp3) is 0.235. The summed E-state index contributed by atoms with van der Waals surface area (Å²) in [6.07, 6.45) is 4.60. The molecule has 0 aliphatic heterocycles. The van der Waals surface area contributed by atoms with Crippen LogP contribution < -0.4 is 0 Å². The maximum atomic E-state index is 4.35. The number of aryl methyl sites for hydroxylation is 1. The normalized spacial score (nSPS) is 10.8. The molecule has 0 N–H and O–H groups in total. The topological polar surface area (TPSA) is 43.6 Å². The summed E-state index contributed by atoms with van der Waals surface area (Å²) in [6.45, 7) is 2.98. The molecule has 0 saturated carbocycles. The van der Waals surface area contributed by atoms with E-state index >= 15 is 0 Å². The summed E-state index contributed by atoms with van der Waals surface area (Å²) in [4.78, 5) is 4.05. The van der Waals surface area contributed by atoms with Crippen molar-refractivity contribution in [2.45, 2.75) is 25.0 Å². The van der Waals surface area contributed by atoms with Crippen LogP contribution in [0.25, 0.3) is 11.4 Å². The molecule has 1 aromatic carbocycles. The van der Waals surface area contributed by atoms with E-state index in [1.54, 1.807) is 24.2 Å². The lowest BCUT2D eigenvalue weighted by atomic mass is 10.2. The van der Waals surface area contributed by atoms with Crippen LogP contribution in [-0.4, -0.2) is 25.5 Å². The molecule has 2 aromatic heterocycles. The number of hydrogen-bond donors (Lipinski definition) is 0. The van der Waals surface area contributed by atoms with Crippen molar-refractivity contribution >= 4 is 11.8 Å². The van der Waals surface area contributed by atoms with Gasteiger partial charge < -0.3 is 4.57 Å². The summed E-state index contributed by atoms with van der Waals surface area (Å²) in [6, 6.07) is 14.5. The van der Waals surface area contributed by atoms with Gasteiger partial charge in [0.2, 0.25) is 0 Å². The Labute approximate surface area is 134 Å². The fourth-order valence-corrected chi connectivity index (χ4v) is 3.29. The lowest BCUT2D eigenvalue weighted by Crippen LogP contribution is -2.00. The minimum Gasteiger partial charge on any atom is -0.302 e. The van der Waals surface area contributed by atoms with Gasteiger partial charge in [0, 0.05) is 30.3 Å². The fourth-order valence-electron chi connectivity index (χ4n) is 2.30. The molecule has 22 heavy (non-hydrogen) atoms. The molecule has 0 aliphatic rings. The first-order valence-electron chi connectivity index (χ1n) is 7.39. The van der Waals surface area contributed by atoms with E-state index in [0.717, 1.165) is 35.3 Å². The van der Waals surface area contributed by atoms with Gasteiger partial charge in [-0.3, -0.25) is 4.98 Å². The number of thioether (sulfide) groups is 1. The monoisotopic (exact) mass is 310 g/mol. The van der Waals surface area contributed by atoms with Gasteiger partial charge in [0.15, 0.2) is 11.0 Å². The zero-order chi connectivity index (χ0) is 15.2. The third kappa shape index (κ3) is 3.36. The van der Waals surface area contributed by atoms with Crippen LogP contribution in [0.2, 0.25) is 0 Å². The Morgan fingerprint density at radius 3 is 2.50 bits per heavy atom. The molecule has 3 aromatic rings. The molecule has 0 saturated heterocycles. The molecule has 3 rings (SSSR count). The number of benzene rings is 1. The molecule has 0 spiro atoms. The summed E-state index contributed by atoms with van der Waals surface area (Å²) < 4.78 is 2.16. The van der Waals surface area contributed by atoms with E-state index in [1.807, 2.05) is 18.2 Å². The highest BCUT2D eigenvalue weighted by Crippen LogP contribution is 2.24. The Balaban J connectivity index is 1.71. The van der Waals surface area contributed by atoms with Crippen molar-refractivity contribution in [2.24, 2.45) is 0 Å². The van der Waals surface area contributed by atoms with Gasteiger partial charge in [-0.05, 0) is 31.0 Å². The molecule has 0 fully saturated rings. The van der Waals surface area contributed by atoms with Crippen LogP contribution >= 0.6 is 11.8 Å². The van der Waals surface area contributed by atoms with Gasteiger partial charge in [-0.2, -0.15) is 0 Å². The van der Waals surface area contributed by atoms with Gasteiger partial charge >= 0.3 is 0 Å². The highest BCUT2D eigenvalue weighted by molar-refractivity contribution is 7.99. The standard InChI is InChI=1S/C17H18N4S/c1-2-21-16(15-8-11-18-12-9-15)19-20-17(21)22-13-10-14-6-4-3-5-7-14/h3-9,11-12H,2,10,13H2,1H3. The van der Waals surface area contributed by atoms with E-state index < -0.39 is 0 Å². The molecule has 0 aliphatic carbocycles. The molecule has 112 valence electrons. The van der Waals surface area contributed by atoms with Gasteiger partial charge in [-0.25, -0.2) is 0 Å². The summed E-state index contributed by atoms with van der Waals surface area (Å²) in [5.41, 5.74) is 2.41. The molecule has 0 amide bonds. The minimum atomic E-state index is 0.859. The van der Waals surface area contributed by atoms with E-state index in [-0.39, 0.29) is 0 Å². The van der Waals surface area contributed by atoms with Crippen molar-refractivity contribution in [2.75, 3.05) is 5.75 Å². The van der Waals surface area contributed by atoms with Crippen LogP contribution in [0.15, 0.2) is 60.0 Å². The van der Waals surface area contributed by atoms with Crippen molar-refractivity contribution < 1.29 is 0 Å². The predicted octanol–water partition coefficient (Wildman–Crippen LogP) is 3.69. The summed E-state index contributed by atoms with van der Waals surface area (Å²) in [7, 11) is 0. The zero-order valence-corrected chi connectivity index (χ0v) is 13.3. The van der Waals surface area contributed by atoms with Crippen LogP contribution in [-0.2, 0) is 13.0 Å². The van der Waals surface area contributed by atoms with Gasteiger partial charge in [0.05, 0.1) is 0 Å². The summed E-state index contributed by atoms with van der Waals surface area (Å²) in [5, 5.41) is 9.67. The average molecular weight is 310 g/mol. The Hall–Kier alpha value is -2.14. The van der Waals surface area contributed by atoms with Crippen molar-refractivity contribution in [1.82, 2.24) is 19.7 Å². The second-order valence-electron chi connectivity index (χ2n) is 4.87. The first kappa shape index (κ1) is 14.8. The number of hydrogen-bond acceptors (Lipinski definition) is 4. The minimum absolute atomic E-state index is 0.859. The van der Waals surface area contributed by atoms with E-state index in [9.17, 15) is 0 Å². The average Bonchev–Trinajstić information content (AvgIpc) is 2.99. The van der Waals surface area contributed by atoms with Crippen LogP contribution in [0.5, 0.6) is 0 Å². The van der Waals surface area contributed by atoms with E-state index in [4.69, 9.17) is 0 Å². The summed E-state index contributed by atoms with van der Waals surface area (Å²) >= 11 is 1.76. The molecular weight excluding hydrogens is 292 g/mol. The molecular formula is C17H18N4S. The quantitative estimate of drug-likeness (QED) is 0.651. The van der Waals surface area contributed by atoms with Gasteiger partial charge in [-0.15, -0.1) is 10.2 Å². The molecule has 0 radical (unpaired) electrons. The highest BCUT2D eigenvalue weighted by atomic mass is 32.2. The van der Waals surface area contributed by atoms with Crippen LogP contribution in [0, 0.1) is 0 Å². The van der Waals surface area contributed by atoms with Gasteiger partial charge in [0.1, 0.15) is 0 Å². The molecule has 4 nitrogen and oxygen atoms in total. The maximum absolute atomic E-state index is 4.35. The van der Waals surface area contributed by atoms with Crippen molar-refractivity contribution in [3.8, 4) is 11.4 Å². The third-order valence-electron chi connectivity index (χ3n) is 3.44. The maximum Gasteiger partial charge on any atom is 0.191 e. The number of pyridine rings is 1. The molecule has 5 heteroatoms. The molecule has 0 bridgehead atoms. The van der Waals surface area contributed by atoms with Crippen LogP contribution in [0.4, 0.5) is 0 Å². The second-order valence-corrected chi connectivity index (χ2v) is 5.93. The highest BCUT2D eigenvalue weighted by Gasteiger charge is 2.12. The smallest absolute Gasteiger partial charge is 0.191 e. The Morgan fingerprint density at radius 1 is 1.00 bits per heavy atom. The first-order valence-corrected chi connectivity index (χ1v) is 8.37. The van der Waals surface area contributed by atoms with Crippen LogP contribution in [0.3, 0.4) is 0 Å². The van der Waals surface area contributed by atoms with Crippen molar-refractivity contribution in [1.29, 1.82) is 0 Å². The Kier molecular flexibility index (Phi) is 4.85. The molecule has 0 atom stereocenters. The van der Waals surface area contributed by atoms with Gasteiger partial charge in [0.25, 0.3) is 0 Å². The SMILES string of the molecule is CCn1c(SCCc2ccccc2)nnc1-c1ccncc1. The lowest BCUT2D eigenvalue weighted by Gasteiger charge is -2.07. The Morgan fingerprint density at radius 2 is 1.77 bits per heavy atom. The number of aromatic nitrogens is 4. The van der Waals surface area contributed by atoms with Crippen LogP contribution in [0.1, 0.15) is 12.5 Å². The third-order valence-corrected chi connectivity index (χ3v) is 4.40. The van der Waals surface area contributed by atoms with Crippen molar-refractivity contribution in [3.05, 3.63) is 60.4 Å². The second kappa shape index (κ2) is 7.22. The number of rotatable bonds is 6. The zero-order valence-electron chi connectivity index (χ0n) is 12.5. The predicted molar refractivity (Wildman–Crippen MR) is 89.8 cm³/mol. The number of nitrogens with zero attached hydrogens (tertiary/aromatic N) is 4. The van der Waals surface area contributed by atoms with Crippen molar-refractivity contribution in [3.63, 3.8) is 0 Å². The van der Waals surface area contributed by atoms with E-state index in [0.29, 0.717) is 0 Å². The Bertz CT molecular complexity index is 710. The van der Waals surface area contributed by atoms with E-state index in [1.165, 1.54) is 5.56 Å². The van der Waals surface area contributed by atoms with Gasteiger partial charge in [-0.1, -0.05) is 42.1 Å². The largest absolute Gasteiger partial charge is 0.302 e. The van der Waals surface area contributed by atoms with E-state index in [2.05, 4.69) is 50.9 Å². The first-order chi connectivity index (χ1) is 10.9.